The maximum Gasteiger partial charge on any atom is 0.257 e. The van der Waals surface area contributed by atoms with Gasteiger partial charge in [-0.2, -0.15) is 0 Å². The molecule has 1 N–H and O–H groups in total. The molecule has 0 aliphatic heterocycles. The average Bonchev–Trinajstić information content (AvgIpc) is 2.32. The smallest absolute Gasteiger partial charge is 0.257 e. The molecule has 1 amide bonds. The van der Waals surface area contributed by atoms with Gasteiger partial charge in [0, 0.05) is 5.69 Å². The molecule has 3 heteroatoms. The highest BCUT2D eigenvalue weighted by Gasteiger charge is 2.10. The van der Waals surface area contributed by atoms with Crippen molar-refractivity contribution in [2.45, 2.75) is 13.8 Å². The highest BCUT2D eigenvalue weighted by molar-refractivity contribution is 6.34. The van der Waals surface area contributed by atoms with Crippen molar-refractivity contribution in [2.75, 3.05) is 5.32 Å². The van der Waals surface area contributed by atoms with Gasteiger partial charge in [0.15, 0.2) is 0 Å². The first-order valence-corrected chi connectivity index (χ1v) is 6.08. The number of carbonyl (C=O) groups excluding carboxylic acids is 1. The molecule has 2 aromatic rings. The fraction of sp³-hybridized carbons (Fsp3) is 0.133. The highest BCUT2D eigenvalue weighted by atomic mass is 35.5. The van der Waals surface area contributed by atoms with Crippen molar-refractivity contribution in [3.63, 3.8) is 0 Å². The van der Waals surface area contributed by atoms with E-state index >= 15 is 0 Å². The third-order valence-electron chi connectivity index (χ3n) is 2.68. The number of hydrogen-bond donors (Lipinski definition) is 1. The molecule has 0 heterocycles. The van der Waals surface area contributed by atoms with E-state index in [4.69, 9.17) is 11.6 Å². The molecule has 0 radical (unpaired) electrons. The Labute approximate surface area is 112 Å². The lowest BCUT2D eigenvalue weighted by Gasteiger charge is -2.07. The molecular formula is C15H14ClNO. The molecule has 18 heavy (non-hydrogen) atoms. The quantitative estimate of drug-likeness (QED) is 0.860. The number of hydrogen-bond acceptors (Lipinski definition) is 1. The van der Waals surface area contributed by atoms with Gasteiger partial charge in [0.1, 0.15) is 0 Å². The zero-order valence-electron chi connectivity index (χ0n) is 10.3. The molecule has 0 bridgehead atoms. The number of amides is 1. The lowest BCUT2D eigenvalue weighted by atomic mass is 10.1. The Balaban J connectivity index is 2.19. The van der Waals surface area contributed by atoms with Crippen LogP contribution < -0.4 is 5.32 Å². The topological polar surface area (TPSA) is 29.1 Å². The van der Waals surface area contributed by atoms with Crippen LogP contribution in [0.25, 0.3) is 0 Å². The molecule has 0 spiro atoms. The van der Waals surface area contributed by atoms with Gasteiger partial charge in [-0.1, -0.05) is 35.4 Å². The Bertz CT molecular complexity index is 576. The fourth-order valence-corrected chi connectivity index (χ4v) is 1.96. The van der Waals surface area contributed by atoms with Gasteiger partial charge in [-0.05, 0) is 43.7 Å². The predicted molar refractivity (Wildman–Crippen MR) is 75.3 cm³/mol. The fourth-order valence-electron chi connectivity index (χ4n) is 1.64. The molecule has 2 nitrogen and oxygen atoms in total. The van der Waals surface area contributed by atoms with Gasteiger partial charge in [0.2, 0.25) is 0 Å². The van der Waals surface area contributed by atoms with Crippen LogP contribution in [0.15, 0.2) is 42.5 Å². The first-order chi connectivity index (χ1) is 8.56. The van der Waals surface area contributed by atoms with Gasteiger partial charge in [-0.3, -0.25) is 4.79 Å². The summed E-state index contributed by atoms with van der Waals surface area (Å²) in [6, 6.07) is 13.0. The third-order valence-corrected chi connectivity index (χ3v) is 2.99. The van der Waals surface area contributed by atoms with Crippen molar-refractivity contribution < 1.29 is 4.79 Å². The van der Waals surface area contributed by atoms with Crippen LogP contribution in [0.1, 0.15) is 21.5 Å². The van der Waals surface area contributed by atoms with Gasteiger partial charge in [0.25, 0.3) is 5.91 Å². The molecule has 92 valence electrons. The van der Waals surface area contributed by atoms with Gasteiger partial charge >= 0.3 is 0 Å². The Hall–Kier alpha value is -1.80. The van der Waals surface area contributed by atoms with Crippen LogP contribution in [0.4, 0.5) is 5.69 Å². The second kappa shape index (κ2) is 5.23. The lowest BCUT2D eigenvalue weighted by molar-refractivity contribution is 0.102. The van der Waals surface area contributed by atoms with Crippen molar-refractivity contribution in [3.8, 4) is 0 Å². The molecule has 0 aromatic heterocycles. The molecule has 0 aliphatic rings. The molecule has 0 fully saturated rings. The van der Waals surface area contributed by atoms with Crippen LogP contribution in [0.5, 0.6) is 0 Å². The first kappa shape index (κ1) is 12.7. The van der Waals surface area contributed by atoms with Crippen LogP contribution in [-0.2, 0) is 0 Å². The average molecular weight is 260 g/mol. The number of rotatable bonds is 2. The largest absolute Gasteiger partial charge is 0.322 e. The molecule has 0 unspecified atom stereocenters. The number of benzene rings is 2. The van der Waals surface area contributed by atoms with E-state index in [1.807, 2.05) is 44.2 Å². The van der Waals surface area contributed by atoms with Crippen LogP contribution in [0.2, 0.25) is 5.02 Å². The first-order valence-electron chi connectivity index (χ1n) is 5.70. The summed E-state index contributed by atoms with van der Waals surface area (Å²) in [4.78, 5) is 12.0. The van der Waals surface area contributed by atoms with Crippen LogP contribution in [0, 0.1) is 13.8 Å². The number of carbonyl (C=O) groups is 1. The van der Waals surface area contributed by atoms with Gasteiger partial charge in [-0.25, -0.2) is 0 Å². The summed E-state index contributed by atoms with van der Waals surface area (Å²) in [5.41, 5.74) is 3.44. The summed E-state index contributed by atoms with van der Waals surface area (Å²) in [6.45, 7) is 3.94. The van der Waals surface area contributed by atoms with Crippen LogP contribution in [0.3, 0.4) is 0 Å². The van der Waals surface area contributed by atoms with E-state index < -0.39 is 0 Å². The van der Waals surface area contributed by atoms with Crippen molar-refractivity contribution >= 4 is 23.2 Å². The summed E-state index contributed by atoms with van der Waals surface area (Å²) in [5, 5.41) is 3.29. The maximum atomic E-state index is 12.0. The zero-order valence-corrected chi connectivity index (χ0v) is 11.1. The maximum absolute atomic E-state index is 12.0. The SMILES string of the molecule is Cc1ccc(NC(=O)c2ccc(C)cc2Cl)cc1. The Morgan fingerprint density at radius 2 is 1.61 bits per heavy atom. The minimum atomic E-state index is -0.191. The van der Waals surface area contributed by atoms with Crippen molar-refractivity contribution in [1.82, 2.24) is 0 Å². The minimum Gasteiger partial charge on any atom is -0.322 e. The van der Waals surface area contributed by atoms with Crippen molar-refractivity contribution in [3.05, 3.63) is 64.2 Å². The molecule has 0 aliphatic carbocycles. The zero-order chi connectivity index (χ0) is 13.1. The number of anilines is 1. The number of aryl methyl sites for hydroxylation is 2. The lowest BCUT2D eigenvalue weighted by Crippen LogP contribution is -2.12. The Kier molecular flexibility index (Phi) is 3.68. The van der Waals surface area contributed by atoms with E-state index in [1.165, 1.54) is 0 Å². The van der Waals surface area contributed by atoms with E-state index in [9.17, 15) is 4.79 Å². The van der Waals surface area contributed by atoms with Crippen LogP contribution in [-0.4, -0.2) is 5.91 Å². The second-order valence-electron chi connectivity index (χ2n) is 4.30. The predicted octanol–water partition coefficient (Wildman–Crippen LogP) is 4.21. The standard InChI is InChI=1S/C15H14ClNO/c1-10-3-6-12(7-4-10)17-15(18)13-8-5-11(2)9-14(13)16/h3-9H,1-2H3,(H,17,18). The summed E-state index contributed by atoms with van der Waals surface area (Å²) < 4.78 is 0. The Morgan fingerprint density at radius 3 is 2.22 bits per heavy atom. The van der Waals surface area contributed by atoms with E-state index in [2.05, 4.69) is 5.32 Å². The van der Waals surface area contributed by atoms with Gasteiger partial charge in [0.05, 0.1) is 10.6 Å². The van der Waals surface area contributed by atoms with E-state index in [0.717, 1.165) is 16.8 Å². The van der Waals surface area contributed by atoms with E-state index in [1.54, 1.807) is 12.1 Å². The summed E-state index contributed by atoms with van der Waals surface area (Å²) in [6.07, 6.45) is 0. The van der Waals surface area contributed by atoms with Gasteiger partial charge in [-0.15, -0.1) is 0 Å². The number of nitrogens with one attached hydrogen (secondary N) is 1. The summed E-state index contributed by atoms with van der Waals surface area (Å²) >= 11 is 6.06. The normalized spacial score (nSPS) is 10.2. The molecular weight excluding hydrogens is 246 g/mol. The van der Waals surface area contributed by atoms with Gasteiger partial charge < -0.3 is 5.32 Å². The second-order valence-corrected chi connectivity index (χ2v) is 4.71. The highest BCUT2D eigenvalue weighted by Crippen LogP contribution is 2.19. The monoisotopic (exact) mass is 259 g/mol. The van der Waals surface area contributed by atoms with E-state index in [0.29, 0.717) is 10.6 Å². The summed E-state index contributed by atoms with van der Waals surface area (Å²) in [5.74, 6) is -0.191. The molecule has 0 saturated carbocycles. The molecule has 2 rings (SSSR count). The number of halogens is 1. The van der Waals surface area contributed by atoms with Crippen LogP contribution >= 0.6 is 11.6 Å². The molecule has 0 atom stereocenters. The van der Waals surface area contributed by atoms with Crippen molar-refractivity contribution in [1.29, 1.82) is 0 Å². The minimum absolute atomic E-state index is 0.191. The molecule has 2 aromatic carbocycles. The molecule has 0 saturated heterocycles. The Morgan fingerprint density at radius 1 is 1.00 bits per heavy atom. The van der Waals surface area contributed by atoms with E-state index in [-0.39, 0.29) is 5.91 Å². The summed E-state index contributed by atoms with van der Waals surface area (Å²) in [7, 11) is 0. The third kappa shape index (κ3) is 2.90. The van der Waals surface area contributed by atoms with Crippen molar-refractivity contribution in [2.24, 2.45) is 0 Å².